The number of halogens is 1. The molecule has 0 amide bonds. The summed E-state index contributed by atoms with van der Waals surface area (Å²) in [6.45, 7) is 0. The summed E-state index contributed by atoms with van der Waals surface area (Å²) in [6, 6.07) is 10.7. The molecule has 0 bridgehead atoms. The van der Waals surface area contributed by atoms with E-state index in [2.05, 4.69) is 22.0 Å². The average molecular weight is 207 g/mol. The van der Waals surface area contributed by atoms with Gasteiger partial charge in [0.1, 0.15) is 0 Å². The van der Waals surface area contributed by atoms with Crippen molar-refractivity contribution >= 4 is 15.9 Å². The fourth-order valence-electron chi connectivity index (χ4n) is 0.371. The van der Waals surface area contributed by atoms with Gasteiger partial charge < -0.3 is 0 Å². The largest absolute Gasteiger partial charge is 2.00 e. The van der Waals surface area contributed by atoms with Gasteiger partial charge in [0.05, 0.1) is 0 Å². The molecule has 0 aromatic heterocycles. The van der Waals surface area contributed by atoms with Gasteiger partial charge in [-0.15, -0.1) is 0 Å². The molecule has 0 N–H and O–H groups in total. The second kappa shape index (κ2) is 4.19. The van der Waals surface area contributed by atoms with E-state index in [1.165, 1.54) is 0 Å². The van der Waals surface area contributed by atoms with Crippen molar-refractivity contribution in [2.45, 2.75) is 0 Å². The van der Waals surface area contributed by atoms with E-state index in [1.54, 1.807) is 0 Å². The Morgan fingerprint density at radius 1 is 1.38 bits per heavy atom. The van der Waals surface area contributed by atoms with Crippen LogP contribution in [0.4, 0.5) is 0 Å². The molecule has 1 aromatic carbocycles. The molecule has 0 saturated carbocycles. The van der Waals surface area contributed by atoms with Crippen molar-refractivity contribution in [3.05, 3.63) is 34.8 Å². The van der Waals surface area contributed by atoms with Crippen LogP contribution in [-0.2, 0) is 18.6 Å². The van der Waals surface area contributed by atoms with Gasteiger partial charge in [-0.05, 0) is 0 Å². The van der Waals surface area contributed by atoms with Crippen molar-refractivity contribution in [2.24, 2.45) is 0 Å². The molecule has 1 radical (unpaired) electrons. The standard InChI is InChI=1S/C6H4Br.V/c7-6-4-2-1-3-5-6;/h1-4H;/q-1;+2. The maximum Gasteiger partial charge on any atom is 2.00 e. The molecular formula is C6H4BrV+. The van der Waals surface area contributed by atoms with Crippen LogP contribution in [0.3, 0.4) is 0 Å². The summed E-state index contributed by atoms with van der Waals surface area (Å²) in [4.78, 5) is 0. The van der Waals surface area contributed by atoms with E-state index >= 15 is 0 Å². The minimum Gasteiger partial charge on any atom is -0.176 e. The van der Waals surface area contributed by atoms with Crippen LogP contribution < -0.4 is 0 Å². The van der Waals surface area contributed by atoms with Gasteiger partial charge in [0.15, 0.2) is 0 Å². The Bertz CT molecular complexity index is 138. The van der Waals surface area contributed by atoms with Crippen LogP contribution >= 0.6 is 15.9 Å². The van der Waals surface area contributed by atoms with E-state index in [9.17, 15) is 0 Å². The van der Waals surface area contributed by atoms with E-state index in [1.807, 2.05) is 24.3 Å². The van der Waals surface area contributed by atoms with Gasteiger partial charge in [-0.3, -0.25) is 0 Å². The molecule has 8 heavy (non-hydrogen) atoms. The van der Waals surface area contributed by atoms with Gasteiger partial charge in [0.25, 0.3) is 0 Å². The molecule has 0 unspecified atom stereocenters. The minimum absolute atomic E-state index is 0. The molecular weight excluding hydrogens is 203 g/mol. The number of benzene rings is 1. The topological polar surface area (TPSA) is 0 Å². The van der Waals surface area contributed by atoms with Crippen molar-refractivity contribution in [1.29, 1.82) is 0 Å². The molecule has 0 aliphatic carbocycles. The molecule has 0 saturated heterocycles. The van der Waals surface area contributed by atoms with Crippen molar-refractivity contribution in [3.63, 3.8) is 0 Å². The molecule has 1 rings (SSSR count). The predicted octanol–water partition coefficient (Wildman–Crippen LogP) is 2.25. The molecule has 0 nitrogen and oxygen atoms in total. The van der Waals surface area contributed by atoms with Gasteiger partial charge in [-0.25, -0.2) is 0 Å². The Labute approximate surface area is 69.3 Å². The number of hydrogen-bond donors (Lipinski definition) is 0. The first kappa shape index (κ1) is 8.28. The van der Waals surface area contributed by atoms with Crippen LogP contribution in [0.1, 0.15) is 0 Å². The zero-order valence-electron chi connectivity index (χ0n) is 4.13. The van der Waals surface area contributed by atoms with E-state index in [0.717, 1.165) is 4.47 Å². The first-order valence-corrected chi connectivity index (χ1v) is 2.81. The molecule has 0 aliphatic rings. The molecule has 39 valence electrons. The molecule has 0 spiro atoms. The van der Waals surface area contributed by atoms with Gasteiger partial charge in [0.2, 0.25) is 0 Å². The van der Waals surface area contributed by atoms with Crippen LogP contribution in [0, 0.1) is 6.07 Å². The fourth-order valence-corrected chi connectivity index (χ4v) is 0.656. The summed E-state index contributed by atoms with van der Waals surface area (Å²) in [7, 11) is 0. The third-order valence-electron chi connectivity index (χ3n) is 0.671. The Hall–Kier alpha value is 0.284. The van der Waals surface area contributed by atoms with Crippen LogP contribution in [0.15, 0.2) is 28.7 Å². The Balaban J connectivity index is 0.000000490. The average Bonchev–Trinajstić information content (AvgIpc) is 1.69. The normalized spacial score (nSPS) is 7.62. The van der Waals surface area contributed by atoms with E-state index in [0.29, 0.717) is 0 Å². The van der Waals surface area contributed by atoms with Crippen molar-refractivity contribution in [2.75, 3.05) is 0 Å². The first-order valence-electron chi connectivity index (χ1n) is 2.02. The molecule has 1 aromatic rings. The number of hydrogen-bond acceptors (Lipinski definition) is 0. The maximum atomic E-state index is 3.26. The molecule has 0 aliphatic heterocycles. The van der Waals surface area contributed by atoms with Crippen LogP contribution in [-0.4, -0.2) is 0 Å². The predicted molar refractivity (Wildman–Crippen MR) is 33.0 cm³/mol. The summed E-state index contributed by atoms with van der Waals surface area (Å²) in [5.41, 5.74) is 0. The number of rotatable bonds is 0. The van der Waals surface area contributed by atoms with Crippen LogP contribution in [0.5, 0.6) is 0 Å². The second-order valence-corrected chi connectivity index (χ2v) is 2.06. The summed E-state index contributed by atoms with van der Waals surface area (Å²) in [5, 5.41) is 0. The van der Waals surface area contributed by atoms with Gasteiger partial charge in [-0.1, -0.05) is 20.4 Å². The Morgan fingerprint density at radius 2 is 2.12 bits per heavy atom. The van der Waals surface area contributed by atoms with Gasteiger partial charge in [0, 0.05) is 0 Å². The van der Waals surface area contributed by atoms with Crippen LogP contribution in [0.2, 0.25) is 0 Å². The van der Waals surface area contributed by atoms with Crippen molar-refractivity contribution < 1.29 is 18.6 Å². The van der Waals surface area contributed by atoms with E-state index < -0.39 is 0 Å². The maximum absolute atomic E-state index is 3.26. The molecule has 0 fully saturated rings. The van der Waals surface area contributed by atoms with E-state index in [4.69, 9.17) is 0 Å². The third kappa shape index (κ3) is 2.56. The van der Waals surface area contributed by atoms with Gasteiger partial charge >= 0.3 is 18.6 Å². The quantitative estimate of drug-likeness (QED) is 0.572. The SMILES string of the molecule is Brc1[c-]cccc1.[V+2]. The Kier molecular flexibility index (Phi) is 4.34. The monoisotopic (exact) mass is 206 g/mol. The van der Waals surface area contributed by atoms with Crippen molar-refractivity contribution in [3.8, 4) is 0 Å². The third-order valence-corrected chi connectivity index (χ3v) is 1.16. The second-order valence-electron chi connectivity index (χ2n) is 1.21. The zero-order valence-corrected chi connectivity index (χ0v) is 7.12. The Morgan fingerprint density at radius 3 is 2.38 bits per heavy atom. The smallest absolute Gasteiger partial charge is 0.176 e. The zero-order chi connectivity index (χ0) is 5.11. The minimum atomic E-state index is 0. The molecule has 2 heteroatoms. The summed E-state index contributed by atoms with van der Waals surface area (Å²) >= 11 is 3.26. The molecule has 0 atom stereocenters. The summed E-state index contributed by atoms with van der Waals surface area (Å²) in [6.07, 6.45) is 0. The molecule has 0 heterocycles. The van der Waals surface area contributed by atoms with E-state index in [-0.39, 0.29) is 18.6 Å². The van der Waals surface area contributed by atoms with Crippen molar-refractivity contribution in [1.82, 2.24) is 0 Å². The van der Waals surface area contributed by atoms with Gasteiger partial charge in [-0.2, -0.15) is 30.3 Å². The van der Waals surface area contributed by atoms with Crippen LogP contribution in [0.25, 0.3) is 0 Å². The summed E-state index contributed by atoms with van der Waals surface area (Å²) in [5.74, 6) is 0. The summed E-state index contributed by atoms with van der Waals surface area (Å²) < 4.78 is 1.01. The first-order chi connectivity index (χ1) is 3.39. The fraction of sp³-hybridized carbons (Fsp3) is 0.